The van der Waals surface area contributed by atoms with Crippen LogP contribution in [-0.2, 0) is 4.79 Å². The van der Waals surface area contributed by atoms with Crippen LogP contribution in [-0.4, -0.2) is 21.3 Å². The summed E-state index contributed by atoms with van der Waals surface area (Å²) in [5, 5.41) is 15.7. The standard InChI is InChI=1S/C9H13ClN2O2/c1-4(2)7-6(5(3)9(13)14)8(10)12-11-7/h4-5H,1-3H3,(H,11,12)(H,13,14). The molecule has 1 heterocycles. The number of aromatic nitrogens is 2. The molecule has 78 valence electrons. The van der Waals surface area contributed by atoms with E-state index in [0.717, 1.165) is 5.69 Å². The van der Waals surface area contributed by atoms with Crippen molar-refractivity contribution < 1.29 is 9.90 Å². The highest BCUT2D eigenvalue weighted by Gasteiger charge is 2.24. The number of aromatic amines is 1. The summed E-state index contributed by atoms with van der Waals surface area (Å²) in [6, 6.07) is 0. The first-order chi connectivity index (χ1) is 6.45. The number of H-pyrrole nitrogens is 1. The fourth-order valence-corrected chi connectivity index (χ4v) is 1.62. The van der Waals surface area contributed by atoms with Crippen molar-refractivity contribution in [1.29, 1.82) is 0 Å². The Bertz CT molecular complexity index is 347. The monoisotopic (exact) mass is 216 g/mol. The van der Waals surface area contributed by atoms with Crippen LogP contribution in [0.2, 0.25) is 5.15 Å². The molecule has 0 aliphatic rings. The third-order valence-corrected chi connectivity index (χ3v) is 2.46. The molecule has 1 atom stereocenters. The molecule has 5 heteroatoms. The summed E-state index contributed by atoms with van der Waals surface area (Å²) in [5.74, 6) is -1.33. The van der Waals surface area contributed by atoms with E-state index in [0.29, 0.717) is 5.56 Å². The van der Waals surface area contributed by atoms with E-state index in [1.54, 1.807) is 6.92 Å². The van der Waals surface area contributed by atoms with Gasteiger partial charge in [0.05, 0.1) is 5.92 Å². The number of aliphatic carboxylic acids is 1. The Morgan fingerprint density at radius 3 is 2.50 bits per heavy atom. The second kappa shape index (κ2) is 4.00. The van der Waals surface area contributed by atoms with Gasteiger partial charge < -0.3 is 5.11 Å². The van der Waals surface area contributed by atoms with Crippen molar-refractivity contribution >= 4 is 17.6 Å². The first kappa shape index (κ1) is 11.0. The molecule has 0 spiro atoms. The number of halogens is 1. The molecule has 0 aromatic carbocycles. The van der Waals surface area contributed by atoms with Crippen LogP contribution in [0.1, 0.15) is 43.9 Å². The lowest BCUT2D eigenvalue weighted by atomic mass is 9.97. The minimum Gasteiger partial charge on any atom is -0.481 e. The number of carbonyl (C=O) groups is 1. The van der Waals surface area contributed by atoms with Gasteiger partial charge in [-0.1, -0.05) is 25.4 Å². The van der Waals surface area contributed by atoms with Crippen molar-refractivity contribution in [2.75, 3.05) is 0 Å². The molecule has 0 fully saturated rings. The molecular formula is C9H13ClN2O2. The number of rotatable bonds is 3. The minimum atomic E-state index is -0.893. The largest absolute Gasteiger partial charge is 0.481 e. The number of carboxylic acids is 1. The van der Waals surface area contributed by atoms with Gasteiger partial charge in [-0.05, 0) is 12.8 Å². The first-order valence-electron chi connectivity index (χ1n) is 4.41. The Hall–Kier alpha value is -1.03. The van der Waals surface area contributed by atoms with Gasteiger partial charge in [0.2, 0.25) is 0 Å². The maximum Gasteiger partial charge on any atom is 0.310 e. The van der Waals surface area contributed by atoms with Gasteiger partial charge in [-0.2, -0.15) is 5.10 Å². The van der Waals surface area contributed by atoms with E-state index < -0.39 is 11.9 Å². The smallest absolute Gasteiger partial charge is 0.310 e. The van der Waals surface area contributed by atoms with Gasteiger partial charge in [-0.15, -0.1) is 0 Å². The number of hydrogen-bond donors (Lipinski definition) is 2. The maximum absolute atomic E-state index is 10.8. The molecule has 0 radical (unpaired) electrons. The van der Waals surface area contributed by atoms with Crippen molar-refractivity contribution in [3.8, 4) is 0 Å². The number of carboxylic acid groups (broad SMARTS) is 1. The molecular weight excluding hydrogens is 204 g/mol. The molecule has 14 heavy (non-hydrogen) atoms. The van der Waals surface area contributed by atoms with Crippen molar-refractivity contribution in [1.82, 2.24) is 10.2 Å². The highest BCUT2D eigenvalue weighted by atomic mass is 35.5. The molecule has 0 aliphatic heterocycles. The van der Waals surface area contributed by atoms with Crippen LogP contribution in [0.15, 0.2) is 0 Å². The Labute approximate surface area is 87.3 Å². The second-order valence-electron chi connectivity index (χ2n) is 3.56. The van der Waals surface area contributed by atoms with Gasteiger partial charge in [0.15, 0.2) is 5.15 Å². The molecule has 0 amide bonds. The zero-order chi connectivity index (χ0) is 10.9. The lowest BCUT2D eigenvalue weighted by Crippen LogP contribution is -2.10. The number of hydrogen-bond acceptors (Lipinski definition) is 2. The van der Waals surface area contributed by atoms with Crippen molar-refractivity contribution in [2.24, 2.45) is 0 Å². The molecule has 2 N–H and O–H groups in total. The molecule has 1 aromatic rings. The van der Waals surface area contributed by atoms with Crippen LogP contribution in [0, 0.1) is 0 Å². The second-order valence-corrected chi connectivity index (χ2v) is 3.91. The van der Waals surface area contributed by atoms with Crippen LogP contribution in [0.3, 0.4) is 0 Å². The molecule has 4 nitrogen and oxygen atoms in total. The quantitative estimate of drug-likeness (QED) is 0.815. The summed E-state index contributed by atoms with van der Waals surface area (Å²) < 4.78 is 0. The lowest BCUT2D eigenvalue weighted by Gasteiger charge is -2.09. The zero-order valence-corrected chi connectivity index (χ0v) is 9.09. The van der Waals surface area contributed by atoms with E-state index in [1.165, 1.54) is 0 Å². The van der Waals surface area contributed by atoms with E-state index in [9.17, 15) is 4.79 Å². The molecule has 0 bridgehead atoms. The molecule has 0 saturated heterocycles. The summed E-state index contributed by atoms with van der Waals surface area (Å²) in [6.45, 7) is 5.52. The highest BCUT2D eigenvalue weighted by molar-refractivity contribution is 6.30. The fraction of sp³-hybridized carbons (Fsp3) is 0.556. The van der Waals surface area contributed by atoms with E-state index in [-0.39, 0.29) is 11.1 Å². The summed E-state index contributed by atoms with van der Waals surface area (Å²) >= 11 is 5.82. The molecule has 1 rings (SSSR count). The average molecular weight is 217 g/mol. The van der Waals surface area contributed by atoms with Gasteiger partial charge in [0.25, 0.3) is 0 Å². The van der Waals surface area contributed by atoms with Crippen molar-refractivity contribution in [2.45, 2.75) is 32.6 Å². The Morgan fingerprint density at radius 2 is 2.07 bits per heavy atom. The van der Waals surface area contributed by atoms with Crippen LogP contribution < -0.4 is 0 Å². The van der Waals surface area contributed by atoms with Gasteiger partial charge in [-0.25, -0.2) is 0 Å². The third-order valence-electron chi connectivity index (χ3n) is 2.17. The Kier molecular flexibility index (Phi) is 3.16. The summed E-state index contributed by atoms with van der Waals surface area (Å²) in [5.41, 5.74) is 1.39. The Morgan fingerprint density at radius 1 is 1.50 bits per heavy atom. The average Bonchev–Trinajstić information content (AvgIpc) is 2.45. The predicted octanol–water partition coefficient (Wildman–Crippen LogP) is 2.37. The van der Waals surface area contributed by atoms with Crippen LogP contribution in [0.4, 0.5) is 0 Å². The van der Waals surface area contributed by atoms with Gasteiger partial charge >= 0.3 is 5.97 Å². The predicted molar refractivity (Wildman–Crippen MR) is 53.7 cm³/mol. The van der Waals surface area contributed by atoms with Gasteiger partial charge in [0, 0.05) is 11.3 Å². The van der Waals surface area contributed by atoms with E-state index in [1.807, 2.05) is 13.8 Å². The first-order valence-corrected chi connectivity index (χ1v) is 4.79. The molecule has 0 aliphatic carbocycles. The van der Waals surface area contributed by atoms with Crippen LogP contribution >= 0.6 is 11.6 Å². The summed E-state index contributed by atoms with van der Waals surface area (Å²) in [6.07, 6.45) is 0. The fourth-order valence-electron chi connectivity index (χ4n) is 1.32. The number of nitrogens with one attached hydrogen (secondary N) is 1. The zero-order valence-electron chi connectivity index (χ0n) is 8.34. The minimum absolute atomic E-state index is 0.187. The number of nitrogens with zero attached hydrogens (tertiary/aromatic N) is 1. The molecule has 1 aromatic heterocycles. The van der Waals surface area contributed by atoms with Crippen molar-refractivity contribution in [3.05, 3.63) is 16.4 Å². The van der Waals surface area contributed by atoms with Crippen LogP contribution in [0.25, 0.3) is 0 Å². The maximum atomic E-state index is 10.8. The summed E-state index contributed by atoms with van der Waals surface area (Å²) in [7, 11) is 0. The SMILES string of the molecule is CC(C)c1[nH]nc(Cl)c1C(C)C(=O)O. The van der Waals surface area contributed by atoms with Gasteiger partial charge in [0.1, 0.15) is 0 Å². The van der Waals surface area contributed by atoms with E-state index >= 15 is 0 Å². The third kappa shape index (κ3) is 1.90. The van der Waals surface area contributed by atoms with Crippen molar-refractivity contribution in [3.63, 3.8) is 0 Å². The van der Waals surface area contributed by atoms with Gasteiger partial charge in [-0.3, -0.25) is 9.89 Å². The molecule has 1 unspecified atom stereocenters. The topological polar surface area (TPSA) is 66.0 Å². The summed E-state index contributed by atoms with van der Waals surface area (Å²) in [4.78, 5) is 10.8. The Balaban J connectivity index is 3.17. The van der Waals surface area contributed by atoms with E-state index in [2.05, 4.69) is 10.2 Å². The normalized spacial score (nSPS) is 13.2. The molecule has 0 saturated carbocycles. The highest BCUT2D eigenvalue weighted by Crippen LogP contribution is 2.30. The van der Waals surface area contributed by atoms with Crippen LogP contribution in [0.5, 0.6) is 0 Å². The lowest BCUT2D eigenvalue weighted by molar-refractivity contribution is -0.138. The van der Waals surface area contributed by atoms with E-state index in [4.69, 9.17) is 16.7 Å².